The molecule has 96 valence electrons. The molecule has 1 aromatic rings. The largest absolute Gasteiger partial charge is 0.390 e. The molecule has 2 N–H and O–H groups in total. The van der Waals surface area contributed by atoms with Crippen molar-refractivity contribution in [2.45, 2.75) is 43.7 Å². The summed E-state index contributed by atoms with van der Waals surface area (Å²) < 4.78 is 26.2. The molecule has 0 aromatic carbocycles. The van der Waals surface area contributed by atoms with Crippen molar-refractivity contribution in [2.24, 2.45) is 0 Å². The minimum absolute atomic E-state index is 0.0841. The highest BCUT2D eigenvalue weighted by Gasteiger charge is 2.35. The lowest BCUT2D eigenvalue weighted by molar-refractivity contribution is 0.247. The van der Waals surface area contributed by atoms with Gasteiger partial charge in [-0.25, -0.2) is 8.42 Å². The van der Waals surface area contributed by atoms with E-state index in [9.17, 15) is 8.42 Å². The Labute approximate surface area is 101 Å². The molecule has 7 heteroatoms. The second kappa shape index (κ2) is 4.40. The molecule has 0 aliphatic heterocycles. The average Bonchev–Trinajstić information content (AvgIpc) is 2.57. The molecule has 1 aromatic heterocycles. The third-order valence-corrected chi connectivity index (χ3v) is 5.45. The number of aryl methyl sites for hydroxylation is 1. The smallest absolute Gasteiger partial charge is 0.246 e. The number of aliphatic hydroxyl groups is 1. The van der Waals surface area contributed by atoms with Gasteiger partial charge in [-0.1, -0.05) is 6.42 Å². The molecular formula is C10H17N3O3S. The molecular weight excluding hydrogens is 242 g/mol. The minimum Gasteiger partial charge on any atom is -0.390 e. The molecule has 6 nitrogen and oxygen atoms in total. The summed E-state index contributed by atoms with van der Waals surface area (Å²) in [4.78, 5) is 0.120. The molecule has 0 bridgehead atoms. The number of nitrogens with one attached hydrogen (secondary N) is 1. The van der Waals surface area contributed by atoms with Crippen molar-refractivity contribution < 1.29 is 13.5 Å². The summed E-state index contributed by atoms with van der Waals surface area (Å²) in [6.45, 7) is 1.27. The Kier molecular flexibility index (Phi) is 3.24. The highest BCUT2D eigenvalue weighted by atomic mass is 32.2. The van der Waals surface area contributed by atoms with Crippen LogP contribution in [0.5, 0.6) is 0 Å². The van der Waals surface area contributed by atoms with Crippen LogP contribution in [-0.4, -0.2) is 41.1 Å². The first-order valence-corrected chi connectivity index (χ1v) is 7.05. The average molecular weight is 259 g/mol. The lowest BCUT2D eigenvalue weighted by atomic mass is 9.94. The quantitative estimate of drug-likeness (QED) is 0.818. The van der Waals surface area contributed by atoms with Gasteiger partial charge in [0.15, 0.2) is 0 Å². The summed E-state index contributed by atoms with van der Waals surface area (Å²) in [5, 5.41) is 15.5. The number of aromatic nitrogens is 2. The number of aliphatic hydroxyl groups excluding tert-OH is 1. The van der Waals surface area contributed by atoms with Crippen LogP contribution in [0.4, 0.5) is 0 Å². The Morgan fingerprint density at radius 3 is 2.65 bits per heavy atom. The summed E-state index contributed by atoms with van der Waals surface area (Å²) in [5.41, 5.74) is 0.661. The van der Waals surface area contributed by atoms with Crippen LogP contribution in [0, 0.1) is 6.92 Å². The molecule has 0 radical (unpaired) electrons. The van der Waals surface area contributed by atoms with Crippen LogP contribution in [0.15, 0.2) is 4.90 Å². The van der Waals surface area contributed by atoms with Gasteiger partial charge < -0.3 is 5.11 Å². The van der Waals surface area contributed by atoms with Crippen molar-refractivity contribution in [1.29, 1.82) is 0 Å². The Morgan fingerprint density at radius 1 is 1.53 bits per heavy atom. The zero-order chi connectivity index (χ0) is 12.6. The van der Waals surface area contributed by atoms with Gasteiger partial charge in [0.2, 0.25) is 10.0 Å². The number of rotatable bonds is 4. The van der Waals surface area contributed by atoms with Crippen molar-refractivity contribution in [1.82, 2.24) is 14.5 Å². The standard InChI is InChI=1S/C10H17N3O3S/c1-7-10(9(6-14)12-11-7)17(15,16)13(2)8-4-3-5-8/h8,14H,3-6H2,1-2H3,(H,11,12). The predicted octanol–water partition coefficient (Wildman–Crippen LogP) is 0.383. The minimum atomic E-state index is -3.55. The van der Waals surface area contributed by atoms with Gasteiger partial charge in [0.25, 0.3) is 0 Å². The van der Waals surface area contributed by atoms with Crippen LogP contribution in [0.25, 0.3) is 0 Å². The molecule has 2 rings (SSSR count). The van der Waals surface area contributed by atoms with Crippen molar-refractivity contribution in [3.63, 3.8) is 0 Å². The lowest BCUT2D eigenvalue weighted by Gasteiger charge is -2.33. The molecule has 0 saturated heterocycles. The molecule has 1 aliphatic carbocycles. The molecule has 1 aliphatic rings. The third kappa shape index (κ3) is 1.98. The number of nitrogens with zero attached hydrogens (tertiary/aromatic N) is 2. The Bertz CT molecular complexity index is 505. The van der Waals surface area contributed by atoms with Gasteiger partial charge >= 0.3 is 0 Å². The van der Waals surface area contributed by atoms with Crippen molar-refractivity contribution in [3.05, 3.63) is 11.4 Å². The molecule has 0 amide bonds. The first-order valence-electron chi connectivity index (χ1n) is 5.61. The SMILES string of the molecule is Cc1[nH]nc(CO)c1S(=O)(=O)N(C)C1CCC1. The van der Waals surface area contributed by atoms with E-state index in [1.165, 1.54) is 4.31 Å². The number of sulfonamides is 1. The number of aromatic amines is 1. The van der Waals surface area contributed by atoms with Crippen LogP contribution >= 0.6 is 0 Å². The molecule has 1 heterocycles. The van der Waals surface area contributed by atoms with Gasteiger partial charge in [-0.15, -0.1) is 0 Å². The second-order valence-corrected chi connectivity index (χ2v) is 6.32. The van der Waals surface area contributed by atoms with Crippen molar-refractivity contribution in [3.8, 4) is 0 Å². The van der Waals surface area contributed by atoms with Crippen LogP contribution in [0.1, 0.15) is 30.7 Å². The maximum atomic E-state index is 12.4. The van der Waals surface area contributed by atoms with E-state index in [0.29, 0.717) is 5.69 Å². The van der Waals surface area contributed by atoms with Gasteiger partial charge in [0.1, 0.15) is 10.6 Å². The maximum absolute atomic E-state index is 12.4. The zero-order valence-corrected chi connectivity index (χ0v) is 10.8. The maximum Gasteiger partial charge on any atom is 0.246 e. The fraction of sp³-hybridized carbons (Fsp3) is 0.700. The molecule has 17 heavy (non-hydrogen) atoms. The van der Waals surface area contributed by atoms with E-state index in [2.05, 4.69) is 10.2 Å². The normalized spacial score (nSPS) is 17.4. The highest BCUT2D eigenvalue weighted by Crippen LogP contribution is 2.30. The summed E-state index contributed by atoms with van der Waals surface area (Å²) in [5.74, 6) is 0. The number of hydrogen-bond donors (Lipinski definition) is 2. The van der Waals surface area contributed by atoms with Crippen molar-refractivity contribution >= 4 is 10.0 Å². The summed E-state index contributed by atoms with van der Waals surface area (Å²) in [6.07, 6.45) is 2.88. The third-order valence-electron chi connectivity index (χ3n) is 3.34. The van der Waals surface area contributed by atoms with Gasteiger partial charge in [0.05, 0.1) is 12.3 Å². The first kappa shape index (κ1) is 12.5. The second-order valence-electron chi connectivity index (χ2n) is 4.39. The monoisotopic (exact) mass is 259 g/mol. The van der Waals surface area contributed by atoms with Crippen molar-refractivity contribution in [2.75, 3.05) is 7.05 Å². The number of hydrogen-bond acceptors (Lipinski definition) is 4. The van der Waals surface area contributed by atoms with Crippen LogP contribution in [0.2, 0.25) is 0 Å². The van der Waals surface area contributed by atoms with Gasteiger partial charge in [-0.05, 0) is 19.8 Å². The Balaban J connectivity index is 2.39. The summed E-state index contributed by atoms with van der Waals surface area (Å²) in [6, 6.07) is 0.0841. The van der Waals surface area contributed by atoms with E-state index in [1.807, 2.05) is 0 Å². The molecule has 1 saturated carbocycles. The molecule has 0 unspecified atom stereocenters. The van der Waals surface area contributed by atoms with E-state index in [1.54, 1.807) is 14.0 Å². The molecule has 1 fully saturated rings. The predicted molar refractivity (Wildman–Crippen MR) is 61.8 cm³/mol. The van der Waals surface area contributed by atoms with Gasteiger partial charge in [-0.2, -0.15) is 9.40 Å². The van der Waals surface area contributed by atoms with E-state index in [-0.39, 0.29) is 23.2 Å². The van der Waals surface area contributed by atoms with Gasteiger partial charge in [-0.3, -0.25) is 5.10 Å². The van der Waals surface area contributed by atoms with Crippen LogP contribution < -0.4 is 0 Å². The summed E-state index contributed by atoms with van der Waals surface area (Å²) in [7, 11) is -1.96. The van der Waals surface area contributed by atoms with Crippen LogP contribution in [0.3, 0.4) is 0 Å². The van der Waals surface area contributed by atoms with E-state index in [0.717, 1.165) is 19.3 Å². The van der Waals surface area contributed by atoms with Gasteiger partial charge in [0, 0.05) is 13.1 Å². The fourth-order valence-electron chi connectivity index (χ4n) is 2.01. The Morgan fingerprint density at radius 2 is 2.18 bits per heavy atom. The van der Waals surface area contributed by atoms with E-state index < -0.39 is 10.0 Å². The zero-order valence-electron chi connectivity index (χ0n) is 9.97. The topological polar surface area (TPSA) is 86.3 Å². The molecule has 0 spiro atoms. The fourth-order valence-corrected chi connectivity index (χ4v) is 3.74. The highest BCUT2D eigenvalue weighted by molar-refractivity contribution is 7.89. The van der Waals surface area contributed by atoms with Crippen LogP contribution in [-0.2, 0) is 16.6 Å². The molecule has 0 atom stereocenters. The Hall–Kier alpha value is -0.920. The lowest BCUT2D eigenvalue weighted by Crippen LogP contribution is -2.41. The summed E-state index contributed by atoms with van der Waals surface area (Å²) >= 11 is 0. The van der Waals surface area contributed by atoms with E-state index >= 15 is 0 Å². The number of H-pyrrole nitrogens is 1. The van der Waals surface area contributed by atoms with E-state index in [4.69, 9.17) is 5.11 Å². The first-order chi connectivity index (χ1) is 7.98.